The summed E-state index contributed by atoms with van der Waals surface area (Å²) in [4.78, 5) is 0.785. The van der Waals surface area contributed by atoms with Crippen LogP contribution in [-0.2, 0) is 0 Å². The van der Waals surface area contributed by atoms with Crippen molar-refractivity contribution in [2.45, 2.75) is 11.6 Å². The quantitative estimate of drug-likeness (QED) is 0.518. The molecule has 0 aliphatic heterocycles. The van der Waals surface area contributed by atoms with Crippen molar-refractivity contribution in [3.8, 4) is 16.8 Å². The minimum Gasteiger partial charge on any atom is -0.410 e. The highest BCUT2D eigenvalue weighted by atomic mass is 35.5. The van der Waals surface area contributed by atoms with E-state index in [1.807, 2.05) is 24.3 Å². The lowest BCUT2D eigenvalue weighted by Crippen LogP contribution is -1.76. The summed E-state index contributed by atoms with van der Waals surface area (Å²) >= 11 is 9.26. The molecule has 20 heavy (non-hydrogen) atoms. The number of thioether (sulfide) groups is 1. The van der Waals surface area contributed by atoms with E-state index in [2.05, 4.69) is 16.3 Å². The van der Waals surface area contributed by atoms with E-state index < -0.39 is 0 Å². The lowest BCUT2D eigenvalue weighted by Gasteiger charge is -1.91. The molecule has 0 aliphatic rings. The van der Waals surface area contributed by atoms with Crippen molar-refractivity contribution in [3.05, 3.63) is 29.3 Å². The number of hydrogen-bond acceptors (Lipinski definition) is 6. The third-order valence-corrected chi connectivity index (χ3v) is 5.06. The fourth-order valence-electron chi connectivity index (χ4n) is 1.70. The molecule has 3 rings (SSSR count). The number of fused-ring (bicyclic) bond motifs is 1. The Morgan fingerprint density at radius 2 is 2.20 bits per heavy atom. The van der Waals surface area contributed by atoms with E-state index in [0.29, 0.717) is 28.3 Å². The van der Waals surface area contributed by atoms with Crippen LogP contribution in [0.2, 0.25) is 5.02 Å². The van der Waals surface area contributed by atoms with E-state index in [4.69, 9.17) is 21.3 Å². The standard InChI is InChI=1S/C13H8ClN3OS2/c14-10-8-4-1-2-5-9(8)20-11(10)12-16-17-13(18-12)19-7-3-6-15/h1-2,4-5H,3,7H2. The van der Waals surface area contributed by atoms with Crippen LogP contribution in [0.15, 0.2) is 33.9 Å². The molecule has 0 saturated carbocycles. The summed E-state index contributed by atoms with van der Waals surface area (Å²) < 4.78 is 6.67. The van der Waals surface area contributed by atoms with Gasteiger partial charge in [-0.2, -0.15) is 5.26 Å². The second kappa shape index (κ2) is 5.83. The third-order valence-electron chi connectivity index (χ3n) is 2.58. The normalized spacial score (nSPS) is 10.8. The zero-order chi connectivity index (χ0) is 13.9. The number of thiophene rings is 1. The smallest absolute Gasteiger partial charge is 0.276 e. The number of aromatic nitrogens is 2. The fraction of sp³-hybridized carbons (Fsp3) is 0.154. The molecule has 0 radical (unpaired) electrons. The van der Waals surface area contributed by atoms with Crippen molar-refractivity contribution >= 4 is 44.8 Å². The van der Waals surface area contributed by atoms with Crippen molar-refractivity contribution < 1.29 is 4.42 Å². The highest BCUT2D eigenvalue weighted by molar-refractivity contribution is 7.99. The van der Waals surface area contributed by atoms with E-state index in [9.17, 15) is 0 Å². The molecule has 2 aromatic heterocycles. The molecule has 0 fully saturated rings. The molecule has 3 aromatic rings. The maximum Gasteiger partial charge on any atom is 0.276 e. The van der Waals surface area contributed by atoms with Crippen LogP contribution in [0, 0.1) is 11.3 Å². The van der Waals surface area contributed by atoms with Crippen LogP contribution in [0.4, 0.5) is 0 Å². The van der Waals surface area contributed by atoms with Crippen molar-refractivity contribution in [1.82, 2.24) is 10.2 Å². The van der Waals surface area contributed by atoms with Gasteiger partial charge in [-0.05, 0) is 6.07 Å². The molecule has 0 spiro atoms. The molecule has 2 heterocycles. The monoisotopic (exact) mass is 321 g/mol. The summed E-state index contributed by atoms with van der Waals surface area (Å²) in [6.45, 7) is 0. The first-order chi connectivity index (χ1) is 9.79. The SMILES string of the molecule is N#CCCSc1nnc(-c2sc3ccccc3c2Cl)o1. The van der Waals surface area contributed by atoms with Gasteiger partial charge in [0.1, 0.15) is 4.88 Å². The molecule has 0 atom stereocenters. The van der Waals surface area contributed by atoms with Crippen LogP contribution >= 0.6 is 34.7 Å². The van der Waals surface area contributed by atoms with Crippen LogP contribution in [0.1, 0.15) is 6.42 Å². The second-order valence-electron chi connectivity index (χ2n) is 3.87. The summed E-state index contributed by atoms with van der Waals surface area (Å²) in [5, 5.41) is 18.6. The minimum absolute atomic E-state index is 0.427. The number of nitrogens with zero attached hydrogens (tertiary/aromatic N) is 3. The lowest BCUT2D eigenvalue weighted by atomic mass is 10.2. The van der Waals surface area contributed by atoms with Crippen molar-refractivity contribution in [3.63, 3.8) is 0 Å². The van der Waals surface area contributed by atoms with Gasteiger partial charge < -0.3 is 4.42 Å². The number of halogens is 1. The van der Waals surface area contributed by atoms with Gasteiger partial charge in [0.2, 0.25) is 0 Å². The summed E-state index contributed by atoms with van der Waals surface area (Å²) in [6, 6.07) is 9.96. The van der Waals surface area contributed by atoms with Crippen LogP contribution in [0.3, 0.4) is 0 Å². The highest BCUT2D eigenvalue weighted by Crippen LogP contribution is 2.41. The van der Waals surface area contributed by atoms with Gasteiger partial charge in [0.15, 0.2) is 0 Å². The first-order valence-electron chi connectivity index (χ1n) is 5.80. The molecule has 0 unspecified atom stereocenters. The van der Waals surface area contributed by atoms with E-state index in [0.717, 1.165) is 15.0 Å². The van der Waals surface area contributed by atoms with Gasteiger partial charge in [0.25, 0.3) is 11.1 Å². The van der Waals surface area contributed by atoms with Crippen molar-refractivity contribution in [2.75, 3.05) is 5.75 Å². The molecular formula is C13H8ClN3OS2. The topological polar surface area (TPSA) is 62.7 Å². The summed E-state index contributed by atoms with van der Waals surface area (Å²) in [7, 11) is 0. The molecule has 0 saturated heterocycles. The molecule has 0 amide bonds. The molecule has 0 N–H and O–H groups in total. The second-order valence-corrected chi connectivity index (χ2v) is 6.35. The van der Waals surface area contributed by atoms with Gasteiger partial charge in [-0.3, -0.25) is 0 Å². The summed E-state index contributed by atoms with van der Waals surface area (Å²) in [5.41, 5.74) is 0. The van der Waals surface area contributed by atoms with Crippen molar-refractivity contribution in [2.24, 2.45) is 0 Å². The van der Waals surface area contributed by atoms with Gasteiger partial charge >= 0.3 is 0 Å². The summed E-state index contributed by atoms with van der Waals surface area (Å²) in [6.07, 6.45) is 0.450. The largest absolute Gasteiger partial charge is 0.410 e. The number of nitriles is 1. The zero-order valence-corrected chi connectivity index (χ0v) is 12.6. The molecular weight excluding hydrogens is 314 g/mol. The Hall–Kier alpha value is -1.55. The zero-order valence-electron chi connectivity index (χ0n) is 10.2. The Kier molecular flexibility index (Phi) is 3.92. The minimum atomic E-state index is 0.427. The molecule has 1 aromatic carbocycles. The maximum absolute atomic E-state index is 8.50. The van der Waals surface area contributed by atoms with Gasteiger partial charge in [0, 0.05) is 22.3 Å². The average molecular weight is 322 g/mol. The van der Waals surface area contributed by atoms with Crippen molar-refractivity contribution in [1.29, 1.82) is 5.26 Å². The average Bonchev–Trinajstić information content (AvgIpc) is 3.05. The Balaban J connectivity index is 1.91. The molecule has 0 aliphatic carbocycles. The number of rotatable bonds is 4. The van der Waals surface area contributed by atoms with Crippen LogP contribution in [0.25, 0.3) is 20.9 Å². The molecule has 0 bridgehead atoms. The predicted molar refractivity (Wildman–Crippen MR) is 81.1 cm³/mol. The van der Waals surface area contributed by atoms with E-state index >= 15 is 0 Å². The summed E-state index contributed by atoms with van der Waals surface area (Å²) in [5.74, 6) is 1.06. The lowest BCUT2D eigenvalue weighted by molar-refractivity contribution is 0.467. The van der Waals surface area contributed by atoms with Crippen LogP contribution in [0.5, 0.6) is 0 Å². The molecule has 100 valence electrons. The van der Waals surface area contributed by atoms with Gasteiger partial charge in [0.05, 0.1) is 11.1 Å². The first-order valence-corrected chi connectivity index (χ1v) is 7.98. The number of hydrogen-bond donors (Lipinski definition) is 0. The van der Waals surface area contributed by atoms with E-state index in [-0.39, 0.29) is 0 Å². The maximum atomic E-state index is 8.50. The van der Waals surface area contributed by atoms with Gasteiger partial charge in [-0.25, -0.2) is 0 Å². The first kappa shape index (κ1) is 13.4. The van der Waals surface area contributed by atoms with E-state index in [1.54, 1.807) is 0 Å². The Morgan fingerprint density at radius 1 is 1.35 bits per heavy atom. The number of benzene rings is 1. The fourth-order valence-corrected chi connectivity index (χ4v) is 3.73. The third kappa shape index (κ3) is 2.52. The Morgan fingerprint density at radius 3 is 3.00 bits per heavy atom. The molecule has 4 nitrogen and oxygen atoms in total. The molecule has 7 heteroatoms. The van der Waals surface area contributed by atoms with Gasteiger partial charge in [-0.15, -0.1) is 21.5 Å². The Bertz CT molecular complexity index is 790. The van der Waals surface area contributed by atoms with E-state index in [1.165, 1.54) is 23.1 Å². The highest BCUT2D eigenvalue weighted by Gasteiger charge is 2.17. The van der Waals surface area contributed by atoms with Crippen LogP contribution < -0.4 is 0 Å². The Labute approximate surface area is 128 Å². The predicted octanol–water partition coefficient (Wildman–Crippen LogP) is 4.61. The van der Waals surface area contributed by atoms with Crippen LogP contribution in [-0.4, -0.2) is 16.0 Å². The van der Waals surface area contributed by atoms with Gasteiger partial charge in [-0.1, -0.05) is 41.6 Å².